The Labute approximate surface area is 198 Å². The summed E-state index contributed by atoms with van der Waals surface area (Å²) in [7, 11) is 1.53. The van der Waals surface area contributed by atoms with Crippen LogP contribution in [0.15, 0.2) is 70.0 Å². The number of carbonyl (C=O) groups is 4. The smallest absolute Gasteiger partial charge is 0.336 e. The van der Waals surface area contributed by atoms with Gasteiger partial charge in [0, 0.05) is 17.3 Å². The van der Waals surface area contributed by atoms with Crippen molar-refractivity contribution in [3.05, 3.63) is 76.9 Å². The van der Waals surface area contributed by atoms with Crippen LogP contribution < -0.4 is 10.1 Å². The fourth-order valence-electron chi connectivity index (χ4n) is 3.24. The summed E-state index contributed by atoms with van der Waals surface area (Å²) < 4.78 is 10.8. The third-order valence-corrected chi connectivity index (χ3v) is 5.78. The Balaban J connectivity index is 1.46. The average Bonchev–Trinajstić information content (AvgIpc) is 3.40. The summed E-state index contributed by atoms with van der Waals surface area (Å²) in [5.74, 6) is -1.04. The highest BCUT2D eigenvalue weighted by molar-refractivity contribution is 8.18. The SMILES string of the molecule is COc1ccc(NC(=O)CN2C(=O)S/C(=C\c3ccc(-c4ccccc4C(=O)O)o3)C2=O)cc1. The van der Waals surface area contributed by atoms with Gasteiger partial charge in [0.25, 0.3) is 11.1 Å². The van der Waals surface area contributed by atoms with Crippen LogP contribution in [0.4, 0.5) is 10.5 Å². The van der Waals surface area contributed by atoms with Crippen molar-refractivity contribution in [3.8, 4) is 17.1 Å². The van der Waals surface area contributed by atoms with Crippen molar-refractivity contribution >= 4 is 46.5 Å². The number of furan rings is 1. The fraction of sp³-hybridized carbons (Fsp3) is 0.0833. The van der Waals surface area contributed by atoms with E-state index >= 15 is 0 Å². The summed E-state index contributed by atoms with van der Waals surface area (Å²) in [6.45, 7) is -0.441. The van der Waals surface area contributed by atoms with Gasteiger partial charge in [0.15, 0.2) is 0 Å². The monoisotopic (exact) mass is 478 g/mol. The van der Waals surface area contributed by atoms with Gasteiger partial charge in [-0.3, -0.25) is 19.3 Å². The van der Waals surface area contributed by atoms with Crippen LogP contribution in [-0.2, 0) is 9.59 Å². The van der Waals surface area contributed by atoms with Crippen LogP contribution >= 0.6 is 11.8 Å². The van der Waals surface area contributed by atoms with Crippen LogP contribution in [0.3, 0.4) is 0 Å². The third kappa shape index (κ3) is 4.86. The van der Waals surface area contributed by atoms with Gasteiger partial charge in [-0.2, -0.15) is 0 Å². The second kappa shape index (κ2) is 9.67. The Kier molecular flexibility index (Phi) is 6.51. The second-order valence-corrected chi connectivity index (χ2v) is 8.09. The number of rotatable bonds is 7. The lowest BCUT2D eigenvalue weighted by molar-refractivity contribution is -0.127. The Morgan fingerprint density at radius 1 is 1.09 bits per heavy atom. The first-order chi connectivity index (χ1) is 16.4. The van der Waals surface area contributed by atoms with E-state index in [-0.39, 0.29) is 16.2 Å². The number of nitrogens with one attached hydrogen (secondary N) is 1. The first kappa shape index (κ1) is 22.9. The standard InChI is InChI=1S/C24H18N2O7S/c1-32-15-8-6-14(7-9-15)25-21(27)13-26-22(28)20(34-24(26)31)12-16-10-11-19(33-16)17-4-2-3-5-18(17)23(29)30/h2-12H,13H2,1H3,(H,25,27)(H,29,30)/b20-12-. The maximum atomic E-state index is 12.7. The number of ether oxygens (including phenoxy) is 1. The van der Waals surface area contributed by atoms with E-state index in [1.807, 2.05) is 0 Å². The van der Waals surface area contributed by atoms with Crippen LogP contribution in [0.25, 0.3) is 17.4 Å². The summed E-state index contributed by atoms with van der Waals surface area (Å²) in [6, 6.07) is 16.1. The van der Waals surface area contributed by atoms with E-state index in [1.165, 1.54) is 19.3 Å². The molecule has 0 saturated carbocycles. The van der Waals surface area contributed by atoms with Crippen LogP contribution in [-0.4, -0.2) is 46.7 Å². The lowest BCUT2D eigenvalue weighted by atomic mass is 10.1. The molecule has 10 heteroatoms. The molecule has 9 nitrogen and oxygen atoms in total. The van der Waals surface area contributed by atoms with Crippen LogP contribution in [0.2, 0.25) is 0 Å². The minimum absolute atomic E-state index is 0.0756. The zero-order valence-corrected chi connectivity index (χ0v) is 18.6. The predicted molar refractivity (Wildman–Crippen MR) is 125 cm³/mol. The highest BCUT2D eigenvalue weighted by atomic mass is 32.2. The second-order valence-electron chi connectivity index (χ2n) is 7.10. The highest BCUT2D eigenvalue weighted by Gasteiger charge is 2.36. The molecule has 172 valence electrons. The van der Waals surface area contributed by atoms with Gasteiger partial charge in [-0.1, -0.05) is 18.2 Å². The molecule has 2 N–H and O–H groups in total. The number of methoxy groups -OCH3 is 1. The summed E-state index contributed by atoms with van der Waals surface area (Å²) in [6.07, 6.45) is 1.39. The zero-order valence-electron chi connectivity index (χ0n) is 17.8. The van der Waals surface area contributed by atoms with Gasteiger partial charge in [-0.05, 0) is 54.2 Å². The zero-order chi connectivity index (χ0) is 24.2. The van der Waals surface area contributed by atoms with Gasteiger partial charge in [0.2, 0.25) is 5.91 Å². The normalized spacial score (nSPS) is 14.5. The topological polar surface area (TPSA) is 126 Å². The molecule has 1 aromatic heterocycles. The summed E-state index contributed by atoms with van der Waals surface area (Å²) in [4.78, 5) is 49.8. The van der Waals surface area contributed by atoms with Gasteiger partial charge < -0.3 is 19.6 Å². The van der Waals surface area contributed by atoms with Crippen molar-refractivity contribution in [2.24, 2.45) is 0 Å². The summed E-state index contributed by atoms with van der Waals surface area (Å²) in [5, 5.41) is 11.4. The van der Waals surface area contributed by atoms with Crippen LogP contribution in [0.1, 0.15) is 16.1 Å². The largest absolute Gasteiger partial charge is 0.497 e. The lowest BCUT2D eigenvalue weighted by Crippen LogP contribution is -2.36. The first-order valence-corrected chi connectivity index (χ1v) is 10.8. The maximum absolute atomic E-state index is 12.7. The number of thioether (sulfide) groups is 1. The van der Waals surface area contributed by atoms with Gasteiger partial charge in [-0.15, -0.1) is 0 Å². The van der Waals surface area contributed by atoms with Crippen molar-refractivity contribution in [2.75, 3.05) is 19.0 Å². The molecule has 1 aliphatic rings. The molecule has 0 atom stereocenters. The Morgan fingerprint density at radius 2 is 1.82 bits per heavy atom. The molecular weight excluding hydrogens is 460 g/mol. The van der Waals surface area contributed by atoms with Crippen molar-refractivity contribution in [1.29, 1.82) is 0 Å². The number of carbonyl (C=O) groups excluding carboxylic acids is 3. The predicted octanol–water partition coefficient (Wildman–Crippen LogP) is 4.33. The molecular formula is C24H18N2O7S. The van der Waals surface area contributed by atoms with E-state index in [0.717, 1.165) is 4.90 Å². The minimum Gasteiger partial charge on any atom is -0.497 e. The molecule has 0 radical (unpaired) electrons. The van der Waals surface area contributed by atoms with Gasteiger partial charge in [-0.25, -0.2) is 4.79 Å². The number of aromatic carboxylic acids is 1. The van der Waals surface area contributed by atoms with E-state index in [2.05, 4.69) is 5.32 Å². The number of imide groups is 1. The number of hydrogen-bond donors (Lipinski definition) is 2. The first-order valence-electron chi connectivity index (χ1n) is 9.97. The van der Waals surface area contributed by atoms with E-state index < -0.39 is 29.6 Å². The fourth-order valence-corrected chi connectivity index (χ4v) is 4.06. The molecule has 0 bridgehead atoms. The molecule has 2 aromatic carbocycles. The Morgan fingerprint density at radius 3 is 2.53 bits per heavy atom. The Bertz CT molecular complexity index is 1310. The molecule has 1 aliphatic heterocycles. The number of anilines is 1. The molecule has 0 spiro atoms. The molecule has 2 heterocycles. The van der Waals surface area contributed by atoms with Crippen LogP contribution in [0.5, 0.6) is 5.75 Å². The molecule has 34 heavy (non-hydrogen) atoms. The number of carboxylic acid groups (broad SMARTS) is 1. The number of benzene rings is 2. The van der Waals surface area contributed by atoms with E-state index in [0.29, 0.717) is 34.5 Å². The molecule has 0 unspecified atom stereocenters. The van der Waals surface area contributed by atoms with Crippen molar-refractivity contribution in [2.45, 2.75) is 0 Å². The summed E-state index contributed by atoms with van der Waals surface area (Å²) in [5.41, 5.74) is 0.961. The van der Waals surface area contributed by atoms with Gasteiger partial charge >= 0.3 is 5.97 Å². The number of hydrogen-bond acceptors (Lipinski definition) is 7. The Hall–Kier alpha value is -4.31. The molecule has 3 amide bonds. The van der Waals surface area contributed by atoms with Gasteiger partial charge in [0.05, 0.1) is 17.6 Å². The molecule has 3 aromatic rings. The van der Waals surface area contributed by atoms with Crippen LogP contribution in [0, 0.1) is 0 Å². The molecule has 1 saturated heterocycles. The van der Waals surface area contributed by atoms with E-state index in [4.69, 9.17) is 9.15 Å². The highest BCUT2D eigenvalue weighted by Crippen LogP contribution is 2.34. The number of carboxylic acids is 1. The van der Waals surface area contributed by atoms with E-state index in [1.54, 1.807) is 54.6 Å². The third-order valence-electron chi connectivity index (χ3n) is 4.87. The minimum atomic E-state index is -1.09. The number of nitrogens with zero attached hydrogens (tertiary/aromatic N) is 1. The maximum Gasteiger partial charge on any atom is 0.336 e. The average molecular weight is 478 g/mol. The van der Waals surface area contributed by atoms with Gasteiger partial charge in [0.1, 0.15) is 23.8 Å². The number of amides is 3. The molecule has 0 aliphatic carbocycles. The quantitative estimate of drug-likeness (QED) is 0.481. The van der Waals surface area contributed by atoms with Crippen molar-refractivity contribution in [3.63, 3.8) is 0 Å². The molecule has 1 fully saturated rings. The van der Waals surface area contributed by atoms with Crippen molar-refractivity contribution in [1.82, 2.24) is 4.90 Å². The molecule has 4 rings (SSSR count). The lowest BCUT2D eigenvalue weighted by Gasteiger charge is -2.12. The summed E-state index contributed by atoms with van der Waals surface area (Å²) >= 11 is 0.691. The van der Waals surface area contributed by atoms with Crippen molar-refractivity contribution < 1.29 is 33.4 Å². The van der Waals surface area contributed by atoms with E-state index in [9.17, 15) is 24.3 Å².